The number of aryl methyl sites for hydroxylation is 1. The molecule has 0 spiro atoms. The number of rotatable bonds is 8. The number of hydrogen-bond acceptors (Lipinski definition) is 0. The van der Waals surface area contributed by atoms with E-state index in [1.807, 2.05) is 0 Å². The number of hydrogen-bond donors (Lipinski definition) is 1. The molecule has 0 aliphatic heterocycles. The summed E-state index contributed by atoms with van der Waals surface area (Å²) in [5.41, 5.74) is 4.61. The molecule has 1 unspecified atom stereocenters. The van der Waals surface area contributed by atoms with E-state index in [9.17, 15) is 8.78 Å². The van der Waals surface area contributed by atoms with Crippen LogP contribution in [0.5, 0.6) is 0 Å². The van der Waals surface area contributed by atoms with E-state index in [0.717, 1.165) is 18.7 Å². The fourth-order valence-electron chi connectivity index (χ4n) is 3.77. The first-order valence-corrected chi connectivity index (χ1v) is 10.3. The minimum Gasteiger partial charge on any atom is -0.342 e. The highest BCUT2D eigenvalue weighted by Gasteiger charge is 2.23. The molecule has 0 radical (unpaired) electrons. The van der Waals surface area contributed by atoms with E-state index in [4.69, 9.17) is 0 Å². The third kappa shape index (κ3) is 5.54. The van der Waals surface area contributed by atoms with Gasteiger partial charge in [-0.3, -0.25) is 0 Å². The Labute approximate surface area is 172 Å². The maximum Gasteiger partial charge on any atom is 0.159 e. The summed E-state index contributed by atoms with van der Waals surface area (Å²) in [4.78, 5) is 1.34. The Kier molecular flexibility index (Phi) is 6.86. The number of aromatic nitrogens is 1. The second-order valence-electron chi connectivity index (χ2n) is 8.41. The lowest BCUT2D eigenvalue weighted by molar-refractivity contribution is -0.954. The molecule has 3 rings (SSSR count). The molecule has 0 aliphatic rings. The van der Waals surface area contributed by atoms with Crippen LogP contribution in [0.4, 0.5) is 8.78 Å². The second-order valence-corrected chi connectivity index (χ2v) is 8.41. The largest absolute Gasteiger partial charge is 0.342 e. The molecule has 0 saturated carbocycles. The van der Waals surface area contributed by atoms with Gasteiger partial charge in [-0.15, -0.1) is 0 Å². The van der Waals surface area contributed by atoms with Gasteiger partial charge >= 0.3 is 0 Å². The first-order valence-electron chi connectivity index (χ1n) is 10.3. The van der Waals surface area contributed by atoms with Crippen LogP contribution in [0.3, 0.4) is 0 Å². The fourth-order valence-corrected chi connectivity index (χ4v) is 3.77. The van der Waals surface area contributed by atoms with Crippen molar-refractivity contribution in [2.75, 3.05) is 0 Å². The zero-order valence-corrected chi connectivity index (χ0v) is 17.8. The van der Waals surface area contributed by atoms with Crippen LogP contribution in [0.2, 0.25) is 0 Å². The van der Waals surface area contributed by atoms with E-state index in [1.165, 1.54) is 33.9 Å². The third-order valence-electron chi connectivity index (χ3n) is 5.83. The van der Waals surface area contributed by atoms with Gasteiger partial charge in [0.1, 0.15) is 13.1 Å². The van der Waals surface area contributed by atoms with Gasteiger partial charge in [0.2, 0.25) is 0 Å². The van der Waals surface area contributed by atoms with Gasteiger partial charge in [-0.05, 0) is 43.7 Å². The molecule has 1 N–H and O–H groups in total. The average molecular weight is 398 g/mol. The van der Waals surface area contributed by atoms with Crippen molar-refractivity contribution in [3.63, 3.8) is 0 Å². The van der Waals surface area contributed by atoms with Gasteiger partial charge in [0.25, 0.3) is 0 Å². The van der Waals surface area contributed by atoms with Crippen molar-refractivity contribution in [1.82, 2.24) is 4.57 Å². The highest BCUT2D eigenvalue weighted by molar-refractivity contribution is 5.23. The van der Waals surface area contributed by atoms with Crippen molar-refractivity contribution in [2.45, 2.75) is 53.4 Å². The van der Waals surface area contributed by atoms with E-state index >= 15 is 0 Å². The van der Waals surface area contributed by atoms with Crippen LogP contribution >= 0.6 is 0 Å². The second kappa shape index (κ2) is 9.36. The summed E-state index contributed by atoms with van der Waals surface area (Å²) in [5, 5.41) is 0. The Morgan fingerprint density at radius 2 is 1.66 bits per heavy atom. The van der Waals surface area contributed by atoms with Crippen molar-refractivity contribution < 1.29 is 13.7 Å². The van der Waals surface area contributed by atoms with Crippen LogP contribution in [-0.2, 0) is 19.6 Å². The van der Waals surface area contributed by atoms with Gasteiger partial charge in [-0.25, -0.2) is 8.78 Å². The predicted molar refractivity (Wildman–Crippen MR) is 114 cm³/mol. The van der Waals surface area contributed by atoms with Gasteiger partial charge in [0.05, 0.1) is 11.7 Å². The Bertz CT molecular complexity index is 946. The number of quaternary nitrogens is 1. The number of nitrogens with zero attached hydrogens (tertiary/aromatic N) is 1. The minimum absolute atomic E-state index is 0.380. The van der Waals surface area contributed by atoms with Crippen LogP contribution in [0.25, 0.3) is 0 Å². The molecule has 2 aromatic carbocycles. The zero-order chi connectivity index (χ0) is 21.0. The van der Waals surface area contributed by atoms with E-state index in [-0.39, 0.29) is 0 Å². The van der Waals surface area contributed by atoms with Crippen LogP contribution in [-0.4, -0.2) is 10.6 Å². The zero-order valence-electron chi connectivity index (χ0n) is 17.8. The van der Waals surface area contributed by atoms with E-state index in [1.54, 1.807) is 6.07 Å². The molecule has 2 nitrogen and oxygen atoms in total. The van der Waals surface area contributed by atoms with Gasteiger partial charge in [0, 0.05) is 24.2 Å². The molecule has 2 atom stereocenters. The summed E-state index contributed by atoms with van der Waals surface area (Å²) in [5.74, 6) is -1.09. The minimum atomic E-state index is -0.792. The molecule has 0 saturated heterocycles. The monoisotopic (exact) mass is 397 g/mol. The lowest BCUT2D eigenvalue weighted by Gasteiger charge is -2.29. The lowest BCUT2D eigenvalue weighted by atomic mass is 10.0. The quantitative estimate of drug-likeness (QED) is 0.562. The Morgan fingerprint density at radius 1 is 0.862 bits per heavy atom. The van der Waals surface area contributed by atoms with E-state index in [0.29, 0.717) is 18.5 Å². The lowest BCUT2D eigenvalue weighted by Crippen LogP contribution is -3.13. The highest BCUT2D eigenvalue weighted by Crippen LogP contribution is 2.11. The third-order valence-corrected chi connectivity index (χ3v) is 5.83. The summed E-state index contributed by atoms with van der Waals surface area (Å²) >= 11 is 0. The van der Waals surface area contributed by atoms with Crippen LogP contribution in [0.1, 0.15) is 43.2 Å². The molecule has 1 heterocycles. The van der Waals surface area contributed by atoms with Gasteiger partial charge in [-0.1, -0.05) is 49.7 Å². The molecule has 154 valence electrons. The molecule has 29 heavy (non-hydrogen) atoms. The Morgan fingerprint density at radius 3 is 2.34 bits per heavy atom. The maximum absolute atomic E-state index is 13.7. The smallest absolute Gasteiger partial charge is 0.159 e. The molecule has 0 fully saturated rings. The molecule has 0 amide bonds. The molecule has 0 aliphatic carbocycles. The molecule has 3 aromatic rings. The Balaban J connectivity index is 1.81. The fraction of sp³-hybridized carbons (Fsp3) is 0.360. The average Bonchev–Trinajstić information content (AvgIpc) is 3.10. The summed E-state index contributed by atoms with van der Waals surface area (Å²) in [6.07, 6.45) is 2.12. The van der Waals surface area contributed by atoms with Crippen molar-refractivity contribution >= 4 is 0 Å². The van der Waals surface area contributed by atoms with Crippen molar-refractivity contribution in [2.24, 2.45) is 5.92 Å². The Hall–Kier alpha value is -2.46. The van der Waals surface area contributed by atoms with Crippen molar-refractivity contribution in [3.05, 3.63) is 94.8 Å². The van der Waals surface area contributed by atoms with Gasteiger partial charge in [-0.2, -0.15) is 0 Å². The molecule has 0 bridgehead atoms. The standard InChI is InChI=1S/C25H30F2N2/c1-18(2)20(4)29(16-22-10-11-24(26)25(27)14-22)17-23-9-6-12-28(23)15-21-8-5-7-19(3)13-21/h5-14,18,20H,15-17H2,1-4H3/p+1/t20-/m0/s1. The first-order chi connectivity index (χ1) is 13.8. The molecular weight excluding hydrogens is 366 g/mol. The first kappa shape index (κ1) is 21.3. The number of halogens is 2. The van der Waals surface area contributed by atoms with Crippen LogP contribution < -0.4 is 4.90 Å². The van der Waals surface area contributed by atoms with Gasteiger partial charge < -0.3 is 9.47 Å². The topological polar surface area (TPSA) is 9.37 Å². The maximum atomic E-state index is 13.7. The highest BCUT2D eigenvalue weighted by atomic mass is 19.2. The predicted octanol–water partition coefficient (Wildman–Crippen LogP) is 4.75. The van der Waals surface area contributed by atoms with E-state index in [2.05, 4.69) is 74.9 Å². The van der Waals surface area contributed by atoms with E-state index < -0.39 is 11.6 Å². The molecule has 4 heteroatoms. The van der Waals surface area contributed by atoms with Crippen molar-refractivity contribution in [1.29, 1.82) is 0 Å². The summed E-state index contributed by atoms with van der Waals surface area (Å²) in [6.45, 7) is 11.1. The number of nitrogens with one attached hydrogen (secondary N) is 1. The summed E-state index contributed by atoms with van der Waals surface area (Å²) < 4.78 is 29.3. The summed E-state index contributed by atoms with van der Waals surface area (Å²) in [7, 11) is 0. The SMILES string of the molecule is Cc1cccc(Cn2cccc2C[NH+](Cc2ccc(F)c(F)c2)[C@@H](C)C(C)C)c1. The molecule has 1 aromatic heterocycles. The van der Waals surface area contributed by atoms with Gasteiger partial charge in [0.15, 0.2) is 11.6 Å². The van der Waals surface area contributed by atoms with Crippen molar-refractivity contribution in [3.8, 4) is 0 Å². The normalized spacial score (nSPS) is 13.6. The molecular formula is C25H31F2N2+. The van der Waals surface area contributed by atoms with Crippen LogP contribution in [0, 0.1) is 24.5 Å². The number of benzene rings is 2. The van der Waals surface area contributed by atoms with Crippen LogP contribution in [0.15, 0.2) is 60.8 Å². The summed E-state index contributed by atoms with van der Waals surface area (Å²) in [6, 6.07) is 17.4.